The summed E-state index contributed by atoms with van der Waals surface area (Å²) in [6.45, 7) is 3.04. The maximum Gasteiger partial charge on any atom is 0.267 e. The van der Waals surface area contributed by atoms with Crippen LogP contribution in [0, 0.1) is 12.7 Å². The van der Waals surface area contributed by atoms with Gasteiger partial charge >= 0.3 is 0 Å². The Hall–Kier alpha value is -2.67. The van der Waals surface area contributed by atoms with Gasteiger partial charge in [-0.25, -0.2) is 12.8 Å². The number of carbonyl (C=O) groups excluding carboxylic acids is 1. The Morgan fingerprint density at radius 3 is 2.36 bits per heavy atom. The van der Waals surface area contributed by atoms with Crippen LogP contribution in [0.4, 0.5) is 15.8 Å². The lowest BCUT2D eigenvalue weighted by atomic mass is 10.1. The molecule has 2 heterocycles. The fourth-order valence-corrected chi connectivity index (χ4v) is 5.14. The number of fused-ring (bicyclic) bond motifs is 1. The standard InChI is InChI=1S/C21H21FN2O3S/c1-15-5-8-17(9-6-15)24-14-20(21(25)23-11-3-2-4-12-23)28(26,27)19-10-7-16(22)13-18(19)24/h5-10,13-14H,2-4,11-12H2,1H3. The number of anilines is 2. The lowest BCUT2D eigenvalue weighted by Gasteiger charge is -2.32. The summed E-state index contributed by atoms with van der Waals surface area (Å²) in [6.07, 6.45) is 4.09. The van der Waals surface area contributed by atoms with Gasteiger partial charge in [0.1, 0.15) is 5.82 Å². The van der Waals surface area contributed by atoms with Crippen LogP contribution >= 0.6 is 0 Å². The minimum atomic E-state index is -4.04. The first-order valence-corrected chi connectivity index (χ1v) is 10.8. The largest absolute Gasteiger partial charge is 0.338 e. The molecule has 1 saturated heterocycles. The van der Waals surface area contributed by atoms with E-state index in [0.29, 0.717) is 18.8 Å². The van der Waals surface area contributed by atoms with Crippen molar-refractivity contribution in [3.8, 4) is 0 Å². The van der Waals surface area contributed by atoms with Crippen LogP contribution in [-0.2, 0) is 14.6 Å². The SMILES string of the molecule is Cc1ccc(N2C=C(C(=O)N3CCCCC3)S(=O)(=O)c3ccc(F)cc32)cc1. The molecule has 5 nitrogen and oxygen atoms in total. The highest BCUT2D eigenvalue weighted by Crippen LogP contribution is 2.40. The third kappa shape index (κ3) is 3.20. The van der Waals surface area contributed by atoms with Crippen LogP contribution in [0.15, 0.2) is 58.5 Å². The molecule has 28 heavy (non-hydrogen) atoms. The number of amides is 1. The van der Waals surface area contributed by atoms with Crippen LogP contribution in [0.2, 0.25) is 0 Å². The molecule has 0 atom stereocenters. The van der Waals surface area contributed by atoms with Gasteiger partial charge in [0.25, 0.3) is 5.91 Å². The van der Waals surface area contributed by atoms with Gasteiger partial charge in [-0.3, -0.25) is 4.79 Å². The zero-order valence-corrected chi connectivity index (χ0v) is 16.4. The van der Waals surface area contributed by atoms with Gasteiger partial charge in [-0.15, -0.1) is 0 Å². The van der Waals surface area contributed by atoms with Gasteiger partial charge in [-0.05, 0) is 56.5 Å². The van der Waals surface area contributed by atoms with E-state index in [1.165, 1.54) is 18.3 Å². The number of aryl methyl sites for hydroxylation is 1. The van der Waals surface area contributed by atoms with E-state index < -0.39 is 21.6 Å². The quantitative estimate of drug-likeness (QED) is 0.717. The van der Waals surface area contributed by atoms with E-state index in [2.05, 4.69) is 0 Å². The van der Waals surface area contributed by atoms with Crippen molar-refractivity contribution in [1.29, 1.82) is 0 Å². The number of hydrogen-bond acceptors (Lipinski definition) is 4. The van der Waals surface area contributed by atoms with Crippen LogP contribution in [0.3, 0.4) is 0 Å². The van der Waals surface area contributed by atoms with E-state index in [-0.39, 0.29) is 15.5 Å². The molecule has 0 radical (unpaired) electrons. The normalized spacial score (nSPS) is 18.4. The van der Waals surface area contributed by atoms with Crippen LogP contribution in [0.5, 0.6) is 0 Å². The van der Waals surface area contributed by atoms with Crippen LogP contribution in [0.25, 0.3) is 0 Å². The first-order valence-electron chi connectivity index (χ1n) is 9.29. The van der Waals surface area contributed by atoms with Crippen molar-refractivity contribution in [2.45, 2.75) is 31.1 Å². The molecule has 0 unspecified atom stereocenters. The molecule has 7 heteroatoms. The van der Waals surface area contributed by atoms with Crippen molar-refractivity contribution in [2.75, 3.05) is 18.0 Å². The molecule has 2 aromatic carbocycles. The van der Waals surface area contributed by atoms with E-state index in [1.807, 2.05) is 31.2 Å². The number of piperidine rings is 1. The van der Waals surface area contributed by atoms with Gasteiger partial charge in [0, 0.05) is 25.0 Å². The summed E-state index contributed by atoms with van der Waals surface area (Å²) in [7, 11) is -4.04. The Morgan fingerprint density at radius 1 is 1.00 bits per heavy atom. The van der Waals surface area contributed by atoms with Gasteiger partial charge < -0.3 is 9.80 Å². The zero-order chi connectivity index (χ0) is 19.9. The molecular weight excluding hydrogens is 379 g/mol. The average Bonchev–Trinajstić information content (AvgIpc) is 2.69. The van der Waals surface area contributed by atoms with Crippen molar-refractivity contribution in [2.24, 2.45) is 0 Å². The van der Waals surface area contributed by atoms with Crippen LogP contribution in [-0.4, -0.2) is 32.3 Å². The van der Waals surface area contributed by atoms with E-state index in [4.69, 9.17) is 0 Å². The van der Waals surface area contributed by atoms with Gasteiger partial charge in [-0.2, -0.15) is 0 Å². The summed E-state index contributed by atoms with van der Waals surface area (Å²) in [5.41, 5.74) is 1.91. The third-order valence-corrected chi connectivity index (χ3v) is 6.96. The number of likely N-dealkylation sites (tertiary alicyclic amines) is 1. The number of hydrogen-bond donors (Lipinski definition) is 0. The summed E-state index contributed by atoms with van der Waals surface area (Å²) >= 11 is 0. The number of sulfone groups is 1. The minimum Gasteiger partial charge on any atom is -0.338 e. The maximum absolute atomic E-state index is 13.9. The molecule has 2 aliphatic rings. The molecule has 0 aliphatic carbocycles. The molecule has 4 rings (SSSR count). The molecule has 0 saturated carbocycles. The smallest absolute Gasteiger partial charge is 0.267 e. The van der Waals surface area contributed by atoms with E-state index in [9.17, 15) is 17.6 Å². The Bertz CT molecular complexity index is 1060. The van der Waals surface area contributed by atoms with Gasteiger partial charge in [0.05, 0.1) is 10.6 Å². The van der Waals surface area contributed by atoms with Crippen molar-refractivity contribution in [3.63, 3.8) is 0 Å². The fourth-order valence-electron chi connectivity index (χ4n) is 3.62. The average molecular weight is 400 g/mol. The fraction of sp³-hybridized carbons (Fsp3) is 0.286. The highest BCUT2D eigenvalue weighted by Gasteiger charge is 2.38. The molecule has 0 spiro atoms. The summed E-state index contributed by atoms with van der Waals surface area (Å²) in [6, 6.07) is 10.9. The summed E-state index contributed by atoms with van der Waals surface area (Å²) in [5.74, 6) is -1.03. The lowest BCUT2D eigenvalue weighted by molar-refractivity contribution is -0.127. The molecule has 146 valence electrons. The van der Waals surface area contributed by atoms with E-state index in [1.54, 1.807) is 9.80 Å². The second-order valence-electron chi connectivity index (χ2n) is 7.17. The Kier molecular flexibility index (Phi) is 4.71. The number of benzene rings is 2. The van der Waals surface area contributed by atoms with Crippen LogP contribution in [0.1, 0.15) is 24.8 Å². The number of rotatable bonds is 2. The zero-order valence-electron chi connectivity index (χ0n) is 15.6. The summed E-state index contributed by atoms with van der Waals surface area (Å²) in [4.78, 5) is 15.9. The van der Waals surface area contributed by atoms with Gasteiger partial charge in [-0.1, -0.05) is 17.7 Å². The second-order valence-corrected chi connectivity index (χ2v) is 9.05. The predicted molar refractivity (Wildman–Crippen MR) is 105 cm³/mol. The van der Waals surface area contributed by atoms with Crippen molar-refractivity contribution in [3.05, 3.63) is 65.0 Å². The summed E-state index contributed by atoms with van der Waals surface area (Å²) < 4.78 is 40.3. The Morgan fingerprint density at radius 2 is 1.68 bits per heavy atom. The molecule has 0 bridgehead atoms. The molecule has 1 amide bonds. The van der Waals surface area contributed by atoms with Crippen LogP contribution < -0.4 is 4.90 Å². The maximum atomic E-state index is 13.9. The minimum absolute atomic E-state index is 0.0580. The van der Waals surface area contributed by atoms with E-state index in [0.717, 1.165) is 30.9 Å². The van der Waals surface area contributed by atoms with Gasteiger partial charge in [0.15, 0.2) is 4.91 Å². The molecule has 0 N–H and O–H groups in total. The number of halogens is 1. The van der Waals surface area contributed by atoms with Gasteiger partial charge in [0.2, 0.25) is 9.84 Å². The Balaban J connectivity index is 1.87. The second kappa shape index (κ2) is 7.05. The lowest BCUT2D eigenvalue weighted by Crippen LogP contribution is -2.39. The first kappa shape index (κ1) is 18.7. The molecule has 2 aliphatic heterocycles. The molecule has 0 aromatic heterocycles. The van der Waals surface area contributed by atoms with Crippen molar-refractivity contribution < 1.29 is 17.6 Å². The molecule has 1 fully saturated rings. The topological polar surface area (TPSA) is 57.7 Å². The van der Waals surface area contributed by atoms with Crippen molar-refractivity contribution >= 4 is 27.1 Å². The number of nitrogens with zero attached hydrogens (tertiary/aromatic N) is 2. The third-order valence-electron chi connectivity index (χ3n) is 5.17. The Labute approximate surface area is 164 Å². The number of carbonyl (C=O) groups is 1. The molecule has 2 aromatic rings. The summed E-state index contributed by atoms with van der Waals surface area (Å²) in [5, 5.41) is 0. The van der Waals surface area contributed by atoms with E-state index >= 15 is 0 Å². The predicted octanol–water partition coefficient (Wildman–Crippen LogP) is 3.91. The first-order chi connectivity index (χ1) is 13.4. The molecular formula is C21H21FN2O3S. The van der Waals surface area contributed by atoms with Crippen molar-refractivity contribution in [1.82, 2.24) is 4.90 Å². The highest BCUT2D eigenvalue weighted by atomic mass is 32.2. The highest BCUT2D eigenvalue weighted by molar-refractivity contribution is 7.96. The monoisotopic (exact) mass is 400 g/mol.